The van der Waals surface area contributed by atoms with Crippen molar-refractivity contribution in [2.24, 2.45) is 0 Å². The Morgan fingerprint density at radius 3 is 2.22 bits per heavy atom. The lowest BCUT2D eigenvalue weighted by molar-refractivity contribution is -0.140. The lowest BCUT2D eigenvalue weighted by atomic mass is 9.95. The first-order valence-electron chi connectivity index (χ1n) is 12.3. The van der Waals surface area contributed by atoms with E-state index in [1.54, 1.807) is 38.5 Å². The fourth-order valence-electron chi connectivity index (χ4n) is 4.82. The van der Waals surface area contributed by atoms with Crippen LogP contribution in [0.2, 0.25) is 0 Å². The lowest BCUT2D eigenvalue weighted by Gasteiger charge is -2.26. The minimum absolute atomic E-state index is 0.0424. The van der Waals surface area contributed by atoms with Crippen molar-refractivity contribution in [1.29, 1.82) is 0 Å². The largest absolute Gasteiger partial charge is 0.507 e. The minimum atomic E-state index is -3.64. The standard InChI is InChI=1S/C27H32N2O7S/c1-35-18-6-17-29-24(19-7-11-21(36-2)12-8-19)23(26(31)27(29)32)25(30)20-9-13-22(14-10-20)37(33,34)28-15-4-3-5-16-28/h7-14,24,30H,3-6,15-18H2,1-2H3/b25-23+/t24-/m0/s1. The topological polar surface area (TPSA) is 113 Å². The number of nitrogens with zero attached hydrogens (tertiary/aromatic N) is 2. The van der Waals surface area contributed by atoms with Crippen molar-refractivity contribution in [3.63, 3.8) is 0 Å². The molecular weight excluding hydrogens is 496 g/mol. The fraction of sp³-hybridized carbons (Fsp3) is 0.407. The highest BCUT2D eigenvalue weighted by molar-refractivity contribution is 7.89. The molecule has 0 aromatic heterocycles. The van der Waals surface area contributed by atoms with Crippen molar-refractivity contribution in [1.82, 2.24) is 9.21 Å². The molecule has 0 unspecified atom stereocenters. The van der Waals surface area contributed by atoms with Gasteiger partial charge in [0.2, 0.25) is 10.0 Å². The first-order chi connectivity index (χ1) is 17.8. The predicted molar refractivity (Wildman–Crippen MR) is 138 cm³/mol. The van der Waals surface area contributed by atoms with Gasteiger partial charge in [-0.25, -0.2) is 8.42 Å². The van der Waals surface area contributed by atoms with Gasteiger partial charge in [0.25, 0.3) is 11.7 Å². The third kappa shape index (κ3) is 5.41. The van der Waals surface area contributed by atoms with Crippen LogP contribution in [0.25, 0.3) is 5.76 Å². The van der Waals surface area contributed by atoms with Gasteiger partial charge in [-0.05, 0) is 61.2 Å². The molecule has 2 fully saturated rings. The first-order valence-corrected chi connectivity index (χ1v) is 13.8. The number of methoxy groups -OCH3 is 2. The average Bonchev–Trinajstić information content (AvgIpc) is 3.18. The van der Waals surface area contributed by atoms with Crippen LogP contribution < -0.4 is 4.74 Å². The molecule has 2 aromatic carbocycles. The number of Topliss-reactive ketones (excluding diaryl/α,β-unsaturated/α-hetero) is 1. The molecule has 2 heterocycles. The third-order valence-corrected chi connectivity index (χ3v) is 8.71. The molecule has 1 amide bonds. The number of carbonyl (C=O) groups is 2. The summed E-state index contributed by atoms with van der Waals surface area (Å²) in [5.41, 5.74) is 0.855. The van der Waals surface area contributed by atoms with Crippen LogP contribution in [-0.4, -0.2) is 74.9 Å². The molecule has 0 aliphatic carbocycles. The number of ketones is 1. The molecule has 2 aromatic rings. The van der Waals surface area contributed by atoms with E-state index < -0.39 is 27.8 Å². The van der Waals surface area contributed by atoms with Gasteiger partial charge in [-0.1, -0.05) is 18.6 Å². The average molecular weight is 529 g/mol. The Bertz CT molecular complexity index is 1260. The van der Waals surface area contributed by atoms with E-state index in [-0.39, 0.29) is 28.3 Å². The van der Waals surface area contributed by atoms with Gasteiger partial charge in [0.1, 0.15) is 11.5 Å². The van der Waals surface area contributed by atoms with E-state index >= 15 is 0 Å². The predicted octanol–water partition coefficient (Wildman–Crippen LogP) is 3.33. The van der Waals surface area contributed by atoms with E-state index in [0.29, 0.717) is 37.4 Å². The number of ether oxygens (including phenoxy) is 2. The number of piperidine rings is 1. The number of hydrogen-bond acceptors (Lipinski definition) is 7. The van der Waals surface area contributed by atoms with E-state index in [1.807, 2.05) is 0 Å². The summed E-state index contributed by atoms with van der Waals surface area (Å²) >= 11 is 0. The quantitative estimate of drug-likeness (QED) is 0.230. The lowest BCUT2D eigenvalue weighted by Crippen LogP contribution is -2.35. The minimum Gasteiger partial charge on any atom is -0.507 e. The summed E-state index contributed by atoms with van der Waals surface area (Å²) in [7, 11) is -0.540. The molecule has 2 aliphatic rings. The Hall–Kier alpha value is -3.21. The fourth-order valence-corrected chi connectivity index (χ4v) is 6.33. The van der Waals surface area contributed by atoms with Crippen LogP contribution in [-0.2, 0) is 24.3 Å². The first kappa shape index (κ1) is 26.8. The molecule has 2 aliphatic heterocycles. The van der Waals surface area contributed by atoms with Crippen molar-refractivity contribution in [3.8, 4) is 5.75 Å². The number of benzene rings is 2. The second-order valence-corrected chi connectivity index (χ2v) is 11.0. The van der Waals surface area contributed by atoms with Crippen molar-refractivity contribution in [2.75, 3.05) is 40.5 Å². The maximum atomic E-state index is 13.1. The Balaban J connectivity index is 1.72. The van der Waals surface area contributed by atoms with Crippen LogP contribution >= 0.6 is 0 Å². The molecule has 0 radical (unpaired) electrons. The van der Waals surface area contributed by atoms with Crippen LogP contribution in [0.15, 0.2) is 59.0 Å². The number of aliphatic hydroxyl groups is 1. The zero-order valence-electron chi connectivity index (χ0n) is 21.1. The molecule has 0 bridgehead atoms. The zero-order chi connectivity index (χ0) is 26.6. The molecule has 37 heavy (non-hydrogen) atoms. The van der Waals surface area contributed by atoms with Gasteiger partial charge < -0.3 is 19.5 Å². The van der Waals surface area contributed by atoms with Gasteiger partial charge in [0, 0.05) is 38.9 Å². The van der Waals surface area contributed by atoms with Gasteiger partial charge in [-0.2, -0.15) is 4.31 Å². The zero-order valence-corrected chi connectivity index (χ0v) is 21.9. The summed E-state index contributed by atoms with van der Waals surface area (Å²) in [5, 5.41) is 11.2. The maximum absolute atomic E-state index is 13.1. The van der Waals surface area contributed by atoms with Crippen molar-refractivity contribution >= 4 is 27.5 Å². The Morgan fingerprint density at radius 2 is 1.62 bits per heavy atom. The molecule has 10 heteroatoms. The number of likely N-dealkylation sites (tertiary alicyclic amines) is 1. The van der Waals surface area contributed by atoms with Gasteiger partial charge in [-0.3, -0.25) is 9.59 Å². The Morgan fingerprint density at radius 1 is 0.973 bits per heavy atom. The van der Waals surface area contributed by atoms with Crippen LogP contribution in [0.5, 0.6) is 5.75 Å². The molecule has 0 saturated carbocycles. The third-order valence-electron chi connectivity index (χ3n) is 6.80. The van der Waals surface area contributed by atoms with E-state index in [0.717, 1.165) is 19.3 Å². The molecule has 2 saturated heterocycles. The van der Waals surface area contributed by atoms with Crippen LogP contribution in [0.1, 0.15) is 42.9 Å². The highest BCUT2D eigenvalue weighted by Gasteiger charge is 2.45. The summed E-state index contributed by atoms with van der Waals surface area (Å²) in [6.45, 7) is 1.64. The molecule has 9 nitrogen and oxygen atoms in total. The number of carbonyl (C=O) groups excluding carboxylic acids is 2. The Kier molecular flexibility index (Phi) is 8.31. The molecule has 1 atom stereocenters. The van der Waals surface area contributed by atoms with Gasteiger partial charge in [0.15, 0.2) is 0 Å². The SMILES string of the molecule is COCCCN1C(=O)C(=O)/C(=C(/O)c2ccc(S(=O)(=O)N3CCCCC3)cc2)[C@@H]1c1ccc(OC)cc1. The molecule has 1 N–H and O–H groups in total. The monoisotopic (exact) mass is 528 g/mol. The van der Waals surface area contributed by atoms with Crippen LogP contribution in [0.3, 0.4) is 0 Å². The van der Waals surface area contributed by atoms with Crippen molar-refractivity contribution in [2.45, 2.75) is 36.6 Å². The summed E-state index contributed by atoms with van der Waals surface area (Å²) in [4.78, 5) is 27.7. The van der Waals surface area contributed by atoms with E-state index in [2.05, 4.69) is 0 Å². The second-order valence-electron chi connectivity index (χ2n) is 9.10. The number of rotatable bonds is 9. The van der Waals surface area contributed by atoms with Crippen molar-refractivity contribution < 1.29 is 32.6 Å². The summed E-state index contributed by atoms with van der Waals surface area (Å²) in [6, 6.07) is 11.9. The Labute approximate surface area is 217 Å². The highest BCUT2D eigenvalue weighted by Crippen LogP contribution is 2.40. The highest BCUT2D eigenvalue weighted by atomic mass is 32.2. The van der Waals surface area contributed by atoms with Crippen LogP contribution in [0.4, 0.5) is 0 Å². The molecule has 198 valence electrons. The van der Waals surface area contributed by atoms with Gasteiger partial charge in [0.05, 0.1) is 23.6 Å². The number of hydrogen-bond donors (Lipinski definition) is 1. The second kappa shape index (κ2) is 11.5. The van der Waals surface area contributed by atoms with Gasteiger partial charge >= 0.3 is 0 Å². The molecular formula is C27H32N2O7S. The number of amides is 1. The summed E-state index contributed by atoms with van der Waals surface area (Å²) < 4.78 is 37.8. The van der Waals surface area contributed by atoms with Gasteiger partial charge in [-0.15, -0.1) is 0 Å². The summed E-state index contributed by atoms with van der Waals surface area (Å²) in [6.07, 6.45) is 3.18. The van der Waals surface area contributed by atoms with E-state index in [1.165, 1.54) is 33.5 Å². The molecule has 4 rings (SSSR count). The molecule has 0 spiro atoms. The smallest absolute Gasteiger partial charge is 0.295 e. The maximum Gasteiger partial charge on any atom is 0.295 e. The van der Waals surface area contributed by atoms with Crippen LogP contribution in [0, 0.1) is 0 Å². The van der Waals surface area contributed by atoms with Crippen molar-refractivity contribution in [3.05, 3.63) is 65.2 Å². The summed E-state index contributed by atoms with van der Waals surface area (Å²) in [5.74, 6) is -1.23. The normalized spacial score (nSPS) is 20.4. The number of aliphatic hydroxyl groups excluding tert-OH is 1. The number of sulfonamides is 1. The van der Waals surface area contributed by atoms with E-state index in [9.17, 15) is 23.1 Å². The van der Waals surface area contributed by atoms with E-state index in [4.69, 9.17) is 9.47 Å².